The van der Waals surface area contributed by atoms with Crippen LogP contribution in [0, 0.1) is 0 Å². The molecular formula is C12H17N3S. The Kier molecular flexibility index (Phi) is 3.74. The zero-order valence-electron chi connectivity index (χ0n) is 9.68. The van der Waals surface area contributed by atoms with Gasteiger partial charge in [-0.15, -0.1) is 11.3 Å². The van der Waals surface area contributed by atoms with Gasteiger partial charge >= 0.3 is 0 Å². The van der Waals surface area contributed by atoms with E-state index >= 15 is 0 Å². The van der Waals surface area contributed by atoms with Gasteiger partial charge in [-0.3, -0.25) is 4.68 Å². The summed E-state index contributed by atoms with van der Waals surface area (Å²) >= 11 is 1.81. The van der Waals surface area contributed by atoms with Crippen molar-refractivity contribution < 1.29 is 0 Å². The van der Waals surface area contributed by atoms with Gasteiger partial charge in [-0.05, 0) is 31.5 Å². The topological polar surface area (TPSA) is 29.9 Å². The van der Waals surface area contributed by atoms with Gasteiger partial charge in [-0.25, -0.2) is 0 Å². The Bertz CT molecular complexity index is 419. The summed E-state index contributed by atoms with van der Waals surface area (Å²) in [7, 11) is 2.01. The molecule has 0 aromatic carbocycles. The number of hydrogen-bond donors (Lipinski definition) is 1. The lowest BCUT2D eigenvalue weighted by Crippen LogP contribution is -2.22. The molecule has 0 saturated carbocycles. The van der Waals surface area contributed by atoms with E-state index in [2.05, 4.69) is 45.6 Å². The first-order valence-corrected chi connectivity index (χ1v) is 6.44. The van der Waals surface area contributed by atoms with Crippen molar-refractivity contribution >= 4 is 11.3 Å². The molecule has 2 heterocycles. The number of aromatic nitrogens is 2. The SMILES string of the molecule is CCn1nccc1C(Cc1cccs1)NC. The minimum atomic E-state index is 0.348. The Hall–Kier alpha value is -1.13. The molecule has 0 spiro atoms. The van der Waals surface area contributed by atoms with Crippen LogP contribution in [0.25, 0.3) is 0 Å². The second-order valence-corrected chi connectivity index (χ2v) is 4.73. The zero-order valence-corrected chi connectivity index (χ0v) is 10.5. The Morgan fingerprint density at radius 1 is 1.50 bits per heavy atom. The van der Waals surface area contributed by atoms with E-state index in [-0.39, 0.29) is 0 Å². The molecule has 0 aliphatic carbocycles. The van der Waals surface area contributed by atoms with E-state index in [0.29, 0.717) is 6.04 Å². The summed E-state index contributed by atoms with van der Waals surface area (Å²) in [6.07, 6.45) is 2.90. The molecule has 1 N–H and O–H groups in total. The van der Waals surface area contributed by atoms with E-state index in [4.69, 9.17) is 0 Å². The summed E-state index contributed by atoms with van der Waals surface area (Å²) in [5.41, 5.74) is 1.26. The van der Waals surface area contributed by atoms with Crippen LogP contribution in [0.15, 0.2) is 29.8 Å². The van der Waals surface area contributed by atoms with Crippen LogP contribution >= 0.6 is 11.3 Å². The quantitative estimate of drug-likeness (QED) is 0.863. The summed E-state index contributed by atoms with van der Waals surface area (Å²) in [5.74, 6) is 0. The van der Waals surface area contributed by atoms with Gasteiger partial charge in [0.1, 0.15) is 0 Å². The lowest BCUT2D eigenvalue weighted by molar-refractivity contribution is 0.516. The van der Waals surface area contributed by atoms with E-state index in [0.717, 1.165) is 13.0 Å². The summed E-state index contributed by atoms with van der Waals surface area (Å²) < 4.78 is 2.05. The summed E-state index contributed by atoms with van der Waals surface area (Å²) in [4.78, 5) is 1.41. The normalized spacial score (nSPS) is 12.9. The molecule has 2 aromatic heterocycles. The fraction of sp³-hybridized carbons (Fsp3) is 0.417. The standard InChI is InChI=1S/C12H17N3S/c1-3-15-12(6-7-14-15)11(13-2)9-10-5-4-8-16-10/h4-8,11,13H,3,9H2,1-2H3. The van der Waals surface area contributed by atoms with Crippen molar-refractivity contribution in [3.05, 3.63) is 40.3 Å². The van der Waals surface area contributed by atoms with Crippen molar-refractivity contribution in [3.63, 3.8) is 0 Å². The van der Waals surface area contributed by atoms with Gasteiger partial charge in [0.25, 0.3) is 0 Å². The number of aryl methyl sites for hydroxylation is 1. The minimum Gasteiger partial charge on any atom is -0.311 e. The third-order valence-corrected chi connectivity index (χ3v) is 3.64. The molecule has 0 bridgehead atoms. The fourth-order valence-electron chi connectivity index (χ4n) is 1.89. The van der Waals surface area contributed by atoms with Crippen molar-refractivity contribution in [2.45, 2.75) is 25.9 Å². The number of likely N-dealkylation sites (N-methyl/N-ethyl adjacent to an activating group) is 1. The van der Waals surface area contributed by atoms with Crippen LogP contribution in [0.3, 0.4) is 0 Å². The van der Waals surface area contributed by atoms with Crippen LogP contribution in [-0.2, 0) is 13.0 Å². The first kappa shape index (κ1) is 11.4. The van der Waals surface area contributed by atoms with Crippen LogP contribution in [0.5, 0.6) is 0 Å². The highest BCUT2D eigenvalue weighted by Crippen LogP contribution is 2.20. The highest BCUT2D eigenvalue weighted by atomic mass is 32.1. The maximum atomic E-state index is 4.31. The number of rotatable bonds is 5. The highest BCUT2D eigenvalue weighted by Gasteiger charge is 2.14. The van der Waals surface area contributed by atoms with Crippen LogP contribution in [0.1, 0.15) is 23.5 Å². The van der Waals surface area contributed by atoms with E-state index < -0.39 is 0 Å². The zero-order chi connectivity index (χ0) is 11.4. The largest absolute Gasteiger partial charge is 0.311 e. The first-order chi connectivity index (χ1) is 7.85. The summed E-state index contributed by atoms with van der Waals surface area (Å²) in [6, 6.07) is 6.73. The van der Waals surface area contributed by atoms with Gasteiger partial charge in [-0.2, -0.15) is 5.10 Å². The van der Waals surface area contributed by atoms with Gasteiger partial charge in [-0.1, -0.05) is 6.07 Å². The predicted octanol–water partition coefficient (Wildman–Crippen LogP) is 2.47. The third kappa shape index (κ3) is 2.33. The number of nitrogens with zero attached hydrogens (tertiary/aromatic N) is 2. The van der Waals surface area contributed by atoms with Gasteiger partial charge < -0.3 is 5.32 Å². The van der Waals surface area contributed by atoms with Crippen LogP contribution < -0.4 is 5.32 Å². The number of hydrogen-bond acceptors (Lipinski definition) is 3. The van der Waals surface area contributed by atoms with E-state index in [1.165, 1.54) is 10.6 Å². The van der Waals surface area contributed by atoms with Crippen LogP contribution in [0.4, 0.5) is 0 Å². The van der Waals surface area contributed by atoms with E-state index in [1.54, 1.807) is 0 Å². The second kappa shape index (κ2) is 5.27. The van der Waals surface area contributed by atoms with Crippen molar-refractivity contribution in [1.82, 2.24) is 15.1 Å². The summed E-state index contributed by atoms with van der Waals surface area (Å²) in [6.45, 7) is 3.04. The van der Waals surface area contributed by atoms with Crippen molar-refractivity contribution in [2.24, 2.45) is 0 Å². The molecule has 3 nitrogen and oxygen atoms in total. The van der Waals surface area contributed by atoms with Gasteiger partial charge in [0.15, 0.2) is 0 Å². The van der Waals surface area contributed by atoms with Crippen LogP contribution in [0.2, 0.25) is 0 Å². The second-order valence-electron chi connectivity index (χ2n) is 3.70. The molecule has 0 aliphatic heterocycles. The molecule has 0 radical (unpaired) electrons. The molecule has 0 fully saturated rings. The van der Waals surface area contributed by atoms with Crippen molar-refractivity contribution in [1.29, 1.82) is 0 Å². The van der Waals surface area contributed by atoms with Gasteiger partial charge in [0.2, 0.25) is 0 Å². The molecule has 4 heteroatoms. The molecule has 0 saturated heterocycles. The van der Waals surface area contributed by atoms with E-state index in [1.807, 2.05) is 24.6 Å². The molecule has 16 heavy (non-hydrogen) atoms. The summed E-state index contributed by atoms with van der Waals surface area (Å²) in [5, 5.41) is 9.80. The maximum Gasteiger partial charge on any atom is 0.0557 e. The Labute approximate surface area is 100 Å². The lowest BCUT2D eigenvalue weighted by atomic mass is 10.1. The Morgan fingerprint density at radius 2 is 2.38 bits per heavy atom. The number of nitrogens with one attached hydrogen (secondary N) is 1. The molecule has 0 aliphatic rings. The van der Waals surface area contributed by atoms with Crippen LogP contribution in [-0.4, -0.2) is 16.8 Å². The monoisotopic (exact) mass is 235 g/mol. The third-order valence-electron chi connectivity index (χ3n) is 2.74. The minimum absolute atomic E-state index is 0.348. The average Bonchev–Trinajstić information content (AvgIpc) is 2.96. The smallest absolute Gasteiger partial charge is 0.0557 e. The molecule has 86 valence electrons. The maximum absolute atomic E-state index is 4.31. The first-order valence-electron chi connectivity index (χ1n) is 5.56. The molecule has 2 aromatic rings. The van der Waals surface area contributed by atoms with Crippen molar-refractivity contribution in [2.75, 3.05) is 7.05 Å². The molecule has 1 unspecified atom stereocenters. The average molecular weight is 235 g/mol. The van der Waals surface area contributed by atoms with E-state index in [9.17, 15) is 0 Å². The Balaban J connectivity index is 2.16. The highest BCUT2D eigenvalue weighted by molar-refractivity contribution is 7.09. The predicted molar refractivity (Wildman–Crippen MR) is 67.7 cm³/mol. The van der Waals surface area contributed by atoms with Gasteiger partial charge in [0, 0.05) is 24.0 Å². The Morgan fingerprint density at radius 3 is 3.00 bits per heavy atom. The molecule has 0 amide bonds. The van der Waals surface area contributed by atoms with Crippen molar-refractivity contribution in [3.8, 4) is 0 Å². The van der Waals surface area contributed by atoms with Gasteiger partial charge in [0.05, 0.1) is 11.7 Å². The number of thiophene rings is 1. The lowest BCUT2D eigenvalue weighted by Gasteiger charge is -2.16. The molecular weight excluding hydrogens is 218 g/mol. The fourth-order valence-corrected chi connectivity index (χ4v) is 2.64. The molecule has 2 rings (SSSR count). The molecule has 1 atom stereocenters.